The fourth-order valence-corrected chi connectivity index (χ4v) is 4.60. The minimum Gasteiger partial charge on any atom is -0.253 e. The molecule has 2 heterocycles. The molecule has 0 bridgehead atoms. The summed E-state index contributed by atoms with van der Waals surface area (Å²) in [4.78, 5) is 0.952. The summed E-state index contributed by atoms with van der Waals surface area (Å²) < 4.78 is 27.0. The minimum atomic E-state index is -3.55. The summed E-state index contributed by atoms with van der Waals surface area (Å²) in [5.41, 5.74) is -0.138. The Morgan fingerprint density at radius 1 is 1.16 bits per heavy atom. The lowest BCUT2D eigenvalue weighted by atomic mass is 9.98. The average Bonchev–Trinajstić information content (AvgIpc) is 2.85. The quantitative estimate of drug-likeness (QED) is 0.944. The predicted molar refractivity (Wildman–Crippen MR) is 78.5 cm³/mol. The summed E-state index contributed by atoms with van der Waals surface area (Å²) in [5.74, 6) is 0. The van der Waals surface area contributed by atoms with E-state index in [2.05, 4.69) is 14.9 Å². The van der Waals surface area contributed by atoms with Gasteiger partial charge in [-0.2, -0.15) is 0 Å². The van der Waals surface area contributed by atoms with Crippen molar-refractivity contribution in [3.05, 3.63) is 22.0 Å². The van der Waals surface area contributed by atoms with Crippen molar-refractivity contribution in [2.24, 2.45) is 0 Å². The number of hydrogen-bond donors (Lipinski definition) is 1. The van der Waals surface area contributed by atoms with Gasteiger partial charge in [-0.3, -0.25) is 4.72 Å². The van der Waals surface area contributed by atoms with E-state index in [4.69, 9.17) is 0 Å². The van der Waals surface area contributed by atoms with Crippen LogP contribution in [0.3, 0.4) is 0 Å². The van der Waals surface area contributed by atoms with Gasteiger partial charge >= 0.3 is 0 Å². The summed E-state index contributed by atoms with van der Waals surface area (Å²) in [6.07, 6.45) is 0. The van der Waals surface area contributed by atoms with Crippen molar-refractivity contribution in [3.63, 3.8) is 0 Å². The molecule has 1 N–H and O–H groups in total. The van der Waals surface area contributed by atoms with Gasteiger partial charge in [0.15, 0.2) is 0 Å². The van der Waals surface area contributed by atoms with E-state index in [0.717, 1.165) is 9.88 Å². The summed E-state index contributed by atoms with van der Waals surface area (Å²) in [6, 6.07) is 3.37. The van der Waals surface area contributed by atoms with Crippen LogP contribution in [0.2, 0.25) is 0 Å². The monoisotopic (exact) mass is 317 g/mol. The van der Waals surface area contributed by atoms with Crippen LogP contribution in [0, 0.1) is 6.92 Å². The zero-order chi connectivity index (χ0) is 14.3. The van der Waals surface area contributed by atoms with Crippen molar-refractivity contribution in [1.82, 2.24) is 10.2 Å². The molecular formula is C11H15N3O2S3. The van der Waals surface area contributed by atoms with Gasteiger partial charge in [-0.1, -0.05) is 32.1 Å². The number of aryl methyl sites for hydroxylation is 1. The van der Waals surface area contributed by atoms with Crippen molar-refractivity contribution in [2.45, 2.75) is 37.3 Å². The lowest BCUT2D eigenvalue weighted by Gasteiger charge is -2.12. The van der Waals surface area contributed by atoms with Crippen LogP contribution in [0.25, 0.3) is 0 Å². The van der Waals surface area contributed by atoms with Gasteiger partial charge in [-0.15, -0.1) is 21.5 Å². The predicted octanol–water partition coefficient (Wildman–Crippen LogP) is 3.01. The molecule has 0 saturated heterocycles. The Bertz CT molecular complexity index is 680. The third kappa shape index (κ3) is 3.31. The van der Waals surface area contributed by atoms with E-state index < -0.39 is 10.0 Å². The molecule has 0 amide bonds. The first kappa shape index (κ1) is 14.4. The van der Waals surface area contributed by atoms with E-state index in [0.29, 0.717) is 5.13 Å². The van der Waals surface area contributed by atoms with E-state index in [-0.39, 0.29) is 9.62 Å². The second-order valence-corrected chi connectivity index (χ2v) is 9.31. The molecule has 0 aliphatic heterocycles. The molecule has 0 aliphatic rings. The highest BCUT2D eigenvalue weighted by atomic mass is 32.2. The molecule has 8 heteroatoms. The van der Waals surface area contributed by atoms with Crippen LogP contribution >= 0.6 is 22.7 Å². The molecular weight excluding hydrogens is 302 g/mol. The van der Waals surface area contributed by atoms with Gasteiger partial charge in [0.2, 0.25) is 5.13 Å². The summed E-state index contributed by atoms with van der Waals surface area (Å²) >= 11 is 2.49. The second kappa shape index (κ2) is 4.84. The van der Waals surface area contributed by atoms with Gasteiger partial charge in [0.25, 0.3) is 10.0 Å². The SMILES string of the molecule is Cc1ccc(S(=O)(=O)Nc2nnc(C(C)(C)C)s2)s1. The van der Waals surface area contributed by atoms with Gasteiger partial charge in [0, 0.05) is 10.3 Å². The standard InChI is InChI=1S/C11H15N3O2S3/c1-7-5-6-8(17-7)19(15,16)14-10-13-12-9(18-10)11(2,3)4/h5-6H,1-4H3,(H,13,14). The number of sulfonamides is 1. The van der Waals surface area contributed by atoms with E-state index in [9.17, 15) is 8.42 Å². The summed E-state index contributed by atoms with van der Waals surface area (Å²) in [6.45, 7) is 7.89. The number of aromatic nitrogens is 2. The Morgan fingerprint density at radius 3 is 2.32 bits per heavy atom. The Labute approximate surface area is 120 Å². The van der Waals surface area contributed by atoms with Crippen LogP contribution in [0.4, 0.5) is 5.13 Å². The number of thiophene rings is 1. The maximum absolute atomic E-state index is 12.1. The van der Waals surface area contributed by atoms with E-state index in [1.165, 1.54) is 22.7 Å². The van der Waals surface area contributed by atoms with Crippen molar-refractivity contribution < 1.29 is 8.42 Å². The first-order valence-corrected chi connectivity index (χ1v) is 8.73. The largest absolute Gasteiger partial charge is 0.273 e. The molecule has 104 valence electrons. The molecule has 0 saturated carbocycles. The van der Waals surface area contributed by atoms with Crippen LogP contribution in [-0.2, 0) is 15.4 Å². The summed E-state index contributed by atoms with van der Waals surface area (Å²) in [7, 11) is -3.55. The zero-order valence-corrected chi connectivity index (χ0v) is 13.5. The molecule has 0 spiro atoms. The van der Waals surface area contributed by atoms with Crippen LogP contribution in [0.1, 0.15) is 30.7 Å². The maximum Gasteiger partial charge on any atom is 0.273 e. The molecule has 0 aromatic carbocycles. The van der Waals surface area contributed by atoms with E-state index >= 15 is 0 Å². The fraction of sp³-hybridized carbons (Fsp3) is 0.455. The Kier molecular flexibility index (Phi) is 3.67. The fourth-order valence-electron chi connectivity index (χ4n) is 1.29. The molecule has 5 nitrogen and oxygen atoms in total. The molecule has 0 atom stereocenters. The van der Waals surface area contributed by atoms with Crippen molar-refractivity contribution in [2.75, 3.05) is 4.72 Å². The van der Waals surface area contributed by atoms with Gasteiger partial charge in [-0.25, -0.2) is 8.42 Å². The topological polar surface area (TPSA) is 72.0 Å². The first-order valence-electron chi connectivity index (χ1n) is 5.62. The van der Waals surface area contributed by atoms with Crippen LogP contribution in [-0.4, -0.2) is 18.6 Å². The zero-order valence-electron chi connectivity index (χ0n) is 11.1. The molecule has 0 radical (unpaired) electrons. The van der Waals surface area contributed by atoms with Crippen LogP contribution in [0.15, 0.2) is 16.3 Å². The molecule has 19 heavy (non-hydrogen) atoms. The van der Waals surface area contributed by atoms with E-state index in [1.807, 2.05) is 27.7 Å². The molecule has 0 fully saturated rings. The number of nitrogens with one attached hydrogen (secondary N) is 1. The van der Waals surface area contributed by atoms with Crippen LogP contribution < -0.4 is 4.72 Å². The highest BCUT2D eigenvalue weighted by Gasteiger charge is 2.22. The Morgan fingerprint density at radius 2 is 1.84 bits per heavy atom. The van der Waals surface area contributed by atoms with Crippen molar-refractivity contribution >= 4 is 37.8 Å². The van der Waals surface area contributed by atoms with Gasteiger partial charge in [-0.05, 0) is 19.1 Å². The molecule has 0 aliphatic carbocycles. The third-order valence-corrected chi connectivity index (χ3v) is 6.49. The third-order valence-electron chi connectivity index (χ3n) is 2.27. The smallest absolute Gasteiger partial charge is 0.253 e. The number of anilines is 1. The molecule has 2 aromatic heterocycles. The second-order valence-electron chi connectivity index (χ2n) is 5.13. The molecule has 2 rings (SSSR count). The first-order chi connectivity index (χ1) is 8.68. The molecule has 2 aromatic rings. The van der Waals surface area contributed by atoms with Gasteiger partial charge in [0.05, 0.1) is 0 Å². The van der Waals surface area contributed by atoms with Crippen molar-refractivity contribution in [3.8, 4) is 0 Å². The lowest BCUT2D eigenvalue weighted by molar-refractivity contribution is 0.578. The number of rotatable bonds is 3. The Balaban J connectivity index is 2.24. The lowest BCUT2D eigenvalue weighted by Crippen LogP contribution is -2.11. The number of nitrogens with zero attached hydrogens (tertiary/aromatic N) is 2. The molecule has 0 unspecified atom stereocenters. The van der Waals surface area contributed by atoms with Gasteiger partial charge < -0.3 is 0 Å². The highest BCUT2D eigenvalue weighted by Crippen LogP contribution is 2.29. The minimum absolute atomic E-state index is 0.138. The highest BCUT2D eigenvalue weighted by molar-refractivity contribution is 7.94. The summed E-state index contributed by atoms with van der Waals surface area (Å²) in [5, 5.41) is 9.00. The maximum atomic E-state index is 12.1. The van der Waals surface area contributed by atoms with E-state index in [1.54, 1.807) is 12.1 Å². The number of hydrogen-bond acceptors (Lipinski definition) is 6. The normalized spacial score (nSPS) is 12.6. The Hall–Kier alpha value is -0.990. The average molecular weight is 317 g/mol. The van der Waals surface area contributed by atoms with Crippen molar-refractivity contribution in [1.29, 1.82) is 0 Å². The van der Waals surface area contributed by atoms with Crippen LogP contribution in [0.5, 0.6) is 0 Å². The van der Waals surface area contributed by atoms with Gasteiger partial charge in [0.1, 0.15) is 9.22 Å².